The van der Waals surface area contributed by atoms with Crippen LogP contribution in [0.4, 0.5) is 0 Å². The van der Waals surface area contributed by atoms with E-state index in [1.165, 1.54) is 11.3 Å². The lowest BCUT2D eigenvalue weighted by Crippen LogP contribution is -2.22. The van der Waals surface area contributed by atoms with Gasteiger partial charge >= 0.3 is 0 Å². The highest BCUT2D eigenvalue weighted by Gasteiger charge is 2.18. The van der Waals surface area contributed by atoms with E-state index >= 15 is 0 Å². The first kappa shape index (κ1) is 15.2. The van der Waals surface area contributed by atoms with Crippen LogP contribution in [0.3, 0.4) is 0 Å². The normalized spacial score (nSPS) is 11.9. The van der Waals surface area contributed by atoms with Crippen molar-refractivity contribution in [2.75, 3.05) is 7.05 Å². The van der Waals surface area contributed by atoms with Gasteiger partial charge in [-0.2, -0.15) is 0 Å². The summed E-state index contributed by atoms with van der Waals surface area (Å²) in [5.41, 5.74) is 0.770. The topological polar surface area (TPSA) is 84.2 Å². The summed E-state index contributed by atoms with van der Waals surface area (Å²) in [6.07, 6.45) is 0. The zero-order valence-corrected chi connectivity index (χ0v) is 13.2. The van der Waals surface area contributed by atoms with Gasteiger partial charge in [-0.15, -0.1) is 11.3 Å². The van der Waals surface area contributed by atoms with Crippen LogP contribution in [0.15, 0.2) is 20.8 Å². The largest absolute Gasteiger partial charge is 0.444 e. The average Bonchev–Trinajstić information content (AvgIpc) is 2.96. The van der Waals surface area contributed by atoms with Gasteiger partial charge in [0.25, 0.3) is 10.0 Å². The molecule has 2 rings (SSSR count). The maximum atomic E-state index is 12.1. The second-order valence-electron chi connectivity index (χ2n) is 4.32. The van der Waals surface area contributed by atoms with Crippen LogP contribution >= 0.6 is 11.3 Å². The lowest BCUT2D eigenvalue weighted by Gasteiger charge is -2.01. The van der Waals surface area contributed by atoms with Gasteiger partial charge in [0, 0.05) is 11.4 Å². The van der Waals surface area contributed by atoms with Gasteiger partial charge in [-0.3, -0.25) is 0 Å². The van der Waals surface area contributed by atoms with E-state index in [0.717, 1.165) is 10.6 Å². The Labute approximate surface area is 122 Å². The summed E-state index contributed by atoms with van der Waals surface area (Å²) in [6.45, 7) is 4.32. The number of nitrogens with zero attached hydrogens (tertiary/aromatic N) is 1. The van der Waals surface area contributed by atoms with E-state index in [1.54, 1.807) is 19.1 Å². The summed E-state index contributed by atoms with van der Waals surface area (Å²) >= 11 is 1.24. The van der Waals surface area contributed by atoms with Crippen LogP contribution in [0.5, 0.6) is 0 Å². The summed E-state index contributed by atoms with van der Waals surface area (Å²) in [5.74, 6) is 1.07. The number of thiophene rings is 1. The number of hydrogen-bond acceptors (Lipinski definition) is 6. The van der Waals surface area contributed by atoms with Crippen LogP contribution in [0.25, 0.3) is 0 Å². The molecular formula is C12H17N3O3S2. The van der Waals surface area contributed by atoms with E-state index in [0.29, 0.717) is 22.4 Å². The lowest BCUT2D eigenvalue weighted by atomic mass is 10.4. The number of nitrogens with one attached hydrogen (secondary N) is 2. The number of aromatic nitrogens is 1. The Morgan fingerprint density at radius 1 is 1.30 bits per heavy atom. The molecule has 0 saturated heterocycles. The van der Waals surface area contributed by atoms with Crippen molar-refractivity contribution >= 4 is 21.4 Å². The quantitative estimate of drug-likeness (QED) is 0.845. The maximum absolute atomic E-state index is 12.1. The minimum absolute atomic E-state index is 0.0519. The second-order valence-corrected chi connectivity index (χ2v) is 7.49. The van der Waals surface area contributed by atoms with Crippen LogP contribution in [0.2, 0.25) is 0 Å². The van der Waals surface area contributed by atoms with Crippen molar-refractivity contribution in [3.63, 3.8) is 0 Å². The molecule has 20 heavy (non-hydrogen) atoms. The van der Waals surface area contributed by atoms with Gasteiger partial charge in [-0.25, -0.2) is 18.1 Å². The van der Waals surface area contributed by atoms with Gasteiger partial charge in [0.1, 0.15) is 9.97 Å². The summed E-state index contributed by atoms with van der Waals surface area (Å²) in [4.78, 5) is 5.11. The number of sulfonamides is 1. The van der Waals surface area contributed by atoms with Gasteiger partial charge < -0.3 is 9.73 Å². The van der Waals surface area contributed by atoms with Gasteiger partial charge in [0.15, 0.2) is 0 Å². The highest BCUT2D eigenvalue weighted by Crippen LogP contribution is 2.21. The maximum Gasteiger partial charge on any atom is 0.250 e. The van der Waals surface area contributed by atoms with Gasteiger partial charge in [0.05, 0.1) is 12.2 Å². The molecule has 0 radical (unpaired) electrons. The van der Waals surface area contributed by atoms with Gasteiger partial charge in [0.2, 0.25) is 5.89 Å². The van der Waals surface area contributed by atoms with Crippen LogP contribution in [-0.2, 0) is 23.1 Å². The van der Waals surface area contributed by atoms with E-state index in [4.69, 9.17) is 4.42 Å². The Kier molecular flexibility index (Phi) is 4.59. The van der Waals surface area contributed by atoms with Crippen molar-refractivity contribution in [2.24, 2.45) is 0 Å². The number of aryl methyl sites for hydroxylation is 2. The Morgan fingerprint density at radius 3 is 2.65 bits per heavy atom. The summed E-state index contributed by atoms with van der Waals surface area (Å²) in [6, 6.07) is 3.40. The molecule has 0 aliphatic carbocycles. The minimum Gasteiger partial charge on any atom is -0.444 e. The average molecular weight is 315 g/mol. The molecule has 0 aromatic carbocycles. The van der Waals surface area contributed by atoms with Crippen molar-refractivity contribution in [1.29, 1.82) is 0 Å². The SMILES string of the molecule is CNCc1ccc(S(=O)(=O)NCc2nc(C)c(C)o2)s1. The van der Waals surface area contributed by atoms with Crippen LogP contribution < -0.4 is 10.0 Å². The van der Waals surface area contributed by atoms with Gasteiger partial charge in [-0.05, 0) is 33.0 Å². The van der Waals surface area contributed by atoms with E-state index < -0.39 is 10.0 Å². The molecule has 0 spiro atoms. The molecule has 0 saturated carbocycles. The molecule has 0 fully saturated rings. The fourth-order valence-corrected chi connectivity index (χ4v) is 4.00. The molecule has 0 aliphatic rings. The number of oxazole rings is 1. The molecule has 2 aromatic rings. The standard InChI is InChI=1S/C12H17N3O3S2/c1-8-9(2)18-11(15-8)7-14-20(16,17)12-5-4-10(19-12)6-13-3/h4-5,13-14H,6-7H2,1-3H3. The van der Waals surface area contributed by atoms with Crippen molar-refractivity contribution < 1.29 is 12.8 Å². The smallest absolute Gasteiger partial charge is 0.250 e. The third-order valence-electron chi connectivity index (χ3n) is 2.74. The molecule has 2 N–H and O–H groups in total. The van der Waals surface area contributed by atoms with Gasteiger partial charge in [-0.1, -0.05) is 0 Å². The highest BCUT2D eigenvalue weighted by molar-refractivity contribution is 7.91. The predicted octanol–water partition coefficient (Wildman–Crippen LogP) is 1.55. The van der Waals surface area contributed by atoms with E-state index in [2.05, 4.69) is 15.0 Å². The molecule has 2 aromatic heterocycles. The first-order valence-corrected chi connectivity index (χ1v) is 8.38. The molecule has 2 heterocycles. The minimum atomic E-state index is -3.52. The van der Waals surface area contributed by atoms with Crippen LogP contribution in [-0.4, -0.2) is 20.4 Å². The molecule has 0 bridgehead atoms. The fraction of sp³-hybridized carbons (Fsp3) is 0.417. The molecule has 0 atom stereocenters. The first-order valence-electron chi connectivity index (χ1n) is 6.08. The molecular weight excluding hydrogens is 298 g/mol. The van der Waals surface area contributed by atoms with Crippen molar-refractivity contribution in [3.05, 3.63) is 34.4 Å². The number of rotatable bonds is 6. The summed E-state index contributed by atoms with van der Waals surface area (Å²) in [5, 5.41) is 2.99. The molecule has 0 amide bonds. The Hall–Kier alpha value is -1.22. The second kappa shape index (κ2) is 6.04. The summed E-state index contributed by atoms with van der Waals surface area (Å²) < 4.78 is 32.4. The highest BCUT2D eigenvalue weighted by atomic mass is 32.2. The Bertz CT molecular complexity index is 669. The van der Waals surface area contributed by atoms with Crippen LogP contribution in [0.1, 0.15) is 22.2 Å². The first-order chi connectivity index (χ1) is 9.42. The van der Waals surface area contributed by atoms with E-state index in [9.17, 15) is 8.42 Å². The van der Waals surface area contributed by atoms with Crippen LogP contribution in [0, 0.1) is 13.8 Å². The Morgan fingerprint density at radius 2 is 2.05 bits per heavy atom. The van der Waals surface area contributed by atoms with Crippen molar-refractivity contribution in [1.82, 2.24) is 15.0 Å². The molecule has 6 nitrogen and oxygen atoms in total. The molecule has 0 aliphatic heterocycles. The van der Waals surface area contributed by atoms with E-state index in [-0.39, 0.29) is 6.54 Å². The Balaban J connectivity index is 2.06. The van der Waals surface area contributed by atoms with Crippen molar-refractivity contribution in [3.8, 4) is 0 Å². The molecule has 8 heteroatoms. The zero-order valence-electron chi connectivity index (χ0n) is 11.6. The third-order valence-corrected chi connectivity index (χ3v) is 5.72. The van der Waals surface area contributed by atoms with E-state index in [1.807, 2.05) is 14.0 Å². The lowest BCUT2D eigenvalue weighted by molar-refractivity contribution is 0.463. The predicted molar refractivity (Wildman–Crippen MR) is 77.1 cm³/mol. The fourth-order valence-electron chi connectivity index (χ4n) is 1.61. The third kappa shape index (κ3) is 3.45. The molecule has 110 valence electrons. The summed E-state index contributed by atoms with van der Waals surface area (Å²) in [7, 11) is -1.70. The number of hydrogen-bond donors (Lipinski definition) is 2. The monoisotopic (exact) mass is 315 g/mol. The zero-order chi connectivity index (χ0) is 14.8. The molecule has 0 unspecified atom stereocenters. The van der Waals surface area contributed by atoms with Crippen molar-refractivity contribution in [2.45, 2.75) is 31.1 Å².